The van der Waals surface area contributed by atoms with Crippen LogP contribution in [0.2, 0.25) is 0 Å². The van der Waals surface area contributed by atoms with Crippen molar-refractivity contribution in [3.8, 4) is 0 Å². The molecule has 19 heteroatoms. The minimum Gasteiger partial charge on any atom is -0.477 e. The van der Waals surface area contributed by atoms with Crippen LogP contribution in [0.15, 0.2) is 70.5 Å². The van der Waals surface area contributed by atoms with Gasteiger partial charge >= 0.3 is 5.97 Å². The highest BCUT2D eigenvalue weighted by atomic mass is 32.2. The van der Waals surface area contributed by atoms with Gasteiger partial charge in [0.2, 0.25) is 17.2 Å². The Kier molecular flexibility index (Phi) is 16.5. The minimum atomic E-state index is -4.38. The fourth-order valence-corrected chi connectivity index (χ4v) is 7.65. The third-order valence-corrected chi connectivity index (χ3v) is 10.5. The number of rotatable bonds is 23. The van der Waals surface area contributed by atoms with Crippen molar-refractivity contribution < 1.29 is 37.4 Å². The van der Waals surface area contributed by atoms with Crippen LogP contribution in [0.25, 0.3) is 10.9 Å². The van der Waals surface area contributed by atoms with Crippen LogP contribution in [0.5, 0.6) is 0 Å². The molecule has 0 radical (unpaired) electrons. The van der Waals surface area contributed by atoms with Crippen LogP contribution in [-0.2, 0) is 42.2 Å². The number of carbonyl (C=O) groups is 4. The molecule has 2 aromatic heterocycles. The Bertz CT molecular complexity index is 2270. The number of benzene rings is 2. The van der Waals surface area contributed by atoms with Crippen LogP contribution in [0, 0.1) is 20.8 Å². The molecule has 0 aliphatic rings. The van der Waals surface area contributed by atoms with Crippen LogP contribution < -0.4 is 37.2 Å². The van der Waals surface area contributed by atoms with Gasteiger partial charge in [-0.1, -0.05) is 23.8 Å². The zero-order valence-electron chi connectivity index (χ0n) is 32.8. The van der Waals surface area contributed by atoms with Gasteiger partial charge in [-0.25, -0.2) is 18.2 Å². The first-order valence-electron chi connectivity index (χ1n) is 18.8. The topological polar surface area (TPSA) is 269 Å². The van der Waals surface area contributed by atoms with E-state index in [9.17, 15) is 37.5 Å². The van der Waals surface area contributed by atoms with Crippen molar-refractivity contribution in [3.63, 3.8) is 0 Å². The van der Waals surface area contributed by atoms with Gasteiger partial charge in [-0.2, -0.15) is 0 Å². The number of pyridine rings is 1. The van der Waals surface area contributed by atoms with E-state index in [0.717, 1.165) is 17.5 Å². The molecule has 0 bridgehead atoms. The van der Waals surface area contributed by atoms with Crippen molar-refractivity contribution in [2.24, 2.45) is 5.73 Å². The molecule has 58 heavy (non-hydrogen) atoms. The van der Waals surface area contributed by atoms with Crippen molar-refractivity contribution in [3.05, 3.63) is 98.9 Å². The summed E-state index contributed by atoms with van der Waals surface area (Å²) in [6.45, 7) is 7.85. The molecule has 18 nitrogen and oxygen atoms in total. The van der Waals surface area contributed by atoms with Crippen molar-refractivity contribution in [2.75, 3.05) is 38.2 Å². The number of carboxylic acid groups (broad SMARTS) is 1. The number of sulfonamides is 1. The van der Waals surface area contributed by atoms with Gasteiger partial charge < -0.3 is 46.4 Å². The quantitative estimate of drug-likeness (QED) is 0.0395. The number of anilines is 1. The van der Waals surface area contributed by atoms with Crippen LogP contribution in [-0.4, -0.2) is 84.6 Å². The number of nitrogens with one attached hydrogen (secondary N) is 6. The highest BCUT2D eigenvalue weighted by Gasteiger charge is 2.24. The predicted molar refractivity (Wildman–Crippen MR) is 217 cm³/mol. The second-order valence-corrected chi connectivity index (χ2v) is 15.2. The molecule has 2 aromatic carbocycles. The molecule has 0 saturated carbocycles. The first kappa shape index (κ1) is 44.7. The Balaban J connectivity index is 1.47. The van der Waals surface area contributed by atoms with E-state index in [1.54, 1.807) is 68.1 Å². The molecule has 0 aliphatic heterocycles. The van der Waals surface area contributed by atoms with E-state index < -0.39 is 33.0 Å². The van der Waals surface area contributed by atoms with Crippen molar-refractivity contribution in [2.45, 2.75) is 70.9 Å². The van der Waals surface area contributed by atoms with Gasteiger partial charge in [-0.05, 0) is 75.4 Å². The zero-order valence-corrected chi connectivity index (χ0v) is 33.6. The average molecular weight is 822 g/mol. The summed E-state index contributed by atoms with van der Waals surface area (Å²) >= 11 is 0. The van der Waals surface area contributed by atoms with Crippen LogP contribution >= 0.6 is 0 Å². The summed E-state index contributed by atoms with van der Waals surface area (Å²) in [5.41, 5.74) is 6.53. The molecule has 0 saturated heterocycles. The number of imidazole rings is 1. The van der Waals surface area contributed by atoms with Crippen molar-refractivity contribution in [1.29, 1.82) is 0 Å². The molecular formula is C39H51N9O9S. The van der Waals surface area contributed by atoms with Gasteiger partial charge in [-0.3, -0.25) is 23.9 Å². The molecule has 0 unspecified atom stereocenters. The minimum absolute atomic E-state index is 0.0115. The van der Waals surface area contributed by atoms with Crippen molar-refractivity contribution in [1.82, 2.24) is 35.2 Å². The number of ether oxygens (including phenoxy) is 1. The number of carbonyl (C=O) groups excluding carboxylic acids is 3. The second-order valence-electron chi connectivity index (χ2n) is 13.5. The molecule has 4 rings (SSSR count). The first-order chi connectivity index (χ1) is 27.7. The molecule has 312 valence electrons. The summed E-state index contributed by atoms with van der Waals surface area (Å²) in [6, 6.07) is 8.37. The molecule has 0 spiro atoms. The summed E-state index contributed by atoms with van der Waals surface area (Å²) in [5, 5.41) is 21.0. The zero-order chi connectivity index (χ0) is 42.2. The third-order valence-electron chi connectivity index (χ3n) is 8.80. The number of amides is 3. The van der Waals surface area contributed by atoms with E-state index in [4.69, 9.17) is 10.5 Å². The van der Waals surface area contributed by atoms with Gasteiger partial charge in [0.25, 0.3) is 15.9 Å². The molecule has 9 N–H and O–H groups in total. The van der Waals surface area contributed by atoms with Crippen molar-refractivity contribution >= 4 is 50.6 Å². The number of aromatic amines is 1. The maximum Gasteiger partial charge on any atom is 0.354 e. The third kappa shape index (κ3) is 13.0. The van der Waals surface area contributed by atoms with Crippen LogP contribution in [0.3, 0.4) is 0 Å². The molecule has 3 amide bonds. The lowest BCUT2D eigenvalue weighted by Gasteiger charge is -2.16. The van der Waals surface area contributed by atoms with E-state index >= 15 is 0 Å². The highest BCUT2D eigenvalue weighted by Crippen LogP contribution is 2.22. The Hall–Kier alpha value is -6.05. The first-order valence-corrected chi connectivity index (χ1v) is 20.2. The lowest BCUT2D eigenvalue weighted by Crippen LogP contribution is -2.32. The summed E-state index contributed by atoms with van der Waals surface area (Å²) in [5.74, 6) is -2.67. The number of aryl methyl sites for hydroxylation is 4. The molecule has 4 aromatic rings. The standard InChI is InChI=1S/C39H51N9O9S/c1-25-19-26(2)36(27(3)20-25)58(55,56)47-31(38(53)54)23-45-37(52)30-24-48(32-21-28(7-8-29(32)35(30)51)22-46-39-43-14-15-44-39)16-5-12-41-33(49)9-10-34(50)42-13-6-18-57-17-4-11-40/h7-8,14-15,19-21,23-24,47H,4-6,9-13,16-18,22,40H2,1-3H3,(H,41,49)(H,42,50)(H,45,52)(H,53,54)(H2,43,44,46). The summed E-state index contributed by atoms with van der Waals surface area (Å²) < 4.78 is 35.7. The number of aliphatic carboxylic acids is 1. The number of hydrogen-bond donors (Lipinski definition) is 8. The summed E-state index contributed by atoms with van der Waals surface area (Å²) in [7, 11) is -4.38. The maximum absolute atomic E-state index is 13.7. The summed E-state index contributed by atoms with van der Waals surface area (Å²) in [4.78, 5) is 71.0. The molecule has 2 heterocycles. The number of H-pyrrole nitrogens is 1. The Morgan fingerprint density at radius 3 is 2.28 bits per heavy atom. The second kappa shape index (κ2) is 21.5. The van der Waals surface area contributed by atoms with E-state index in [1.165, 1.54) is 6.20 Å². The van der Waals surface area contributed by atoms with Crippen LogP contribution in [0.1, 0.15) is 64.7 Å². The fourth-order valence-electron chi connectivity index (χ4n) is 6.15. The largest absolute Gasteiger partial charge is 0.477 e. The van der Waals surface area contributed by atoms with E-state index in [0.29, 0.717) is 74.5 Å². The maximum atomic E-state index is 13.7. The fraction of sp³-hybridized carbons (Fsp3) is 0.385. The van der Waals surface area contributed by atoms with E-state index in [1.807, 2.05) is 4.72 Å². The monoisotopic (exact) mass is 821 g/mol. The molecule has 0 fully saturated rings. The molecular weight excluding hydrogens is 771 g/mol. The summed E-state index contributed by atoms with van der Waals surface area (Å²) in [6.07, 6.45) is 7.07. The Morgan fingerprint density at radius 2 is 1.64 bits per heavy atom. The van der Waals surface area contributed by atoms with E-state index in [2.05, 4.69) is 31.2 Å². The number of nitrogens with zero attached hydrogens (tertiary/aromatic N) is 2. The number of hydrogen-bond acceptors (Lipinski definition) is 11. The number of carboxylic acids is 1. The Labute approximate surface area is 336 Å². The molecule has 0 atom stereocenters. The van der Waals surface area contributed by atoms with Gasteiger partial charge in [0, 0.05) is 82.4 Å². The van der Waals surface area contributed by atoms with Gasteiger partial charge in [0.15, 0.2) is 11.6 Å². The number of fused-ring (bicyclic) bond motifs is 1. The van der Waals surface area contributed by atoms with Gasteiger partial charge in [-0.15, -0.1) is 0 Å². The lowest BCUT2D eigenvalue weighted by molar-refractivity contribution is -0.133. The Morgan fingerprint density at radius 1 is 0.966 bits per heavy atom. The number of nitrogens with two attached hydrogens (primary N) is 1. The smallest absolute Gasteiger partial charge is 0.354 e. The van der Waals surface area contributed by atoms with Gasteiger partial charge in [0.05, 0.1) is 10.4 Å². The van der Waals surface area contributed by atoms with Gasteiger partial charge in [0.1, 0.15) is 5.56 Å². The van der Waals surface area contributed by atoms with E-state index in [-0.39, 0.29) is 53.6 Å². The predicted octanol–water partition coefficient (Wildman–Crippen LogP) is 2.05. The lowest BCUT2D eigenvalue weighted by atomic mass is 10.1. The number of aromatic nitrogens is 3. The normalized spacial score (nSPS) is 11.6. The average Bonchev–Trinajstić information content (AvgIpc) is 3.70. The van der Waals surface area contributed by atoms with Crippen LogP contribution in [0.4, 0.5) is 5.95 Å². The highest BCUT2D eigenvalue weighted by molar-refractivity contribution is 7.89. The molecule has 0 aliphatic carbocycles. The SMILES string of the molecule is Cc1cc(C)c(S(=O)(=O)NC(=CNC(=O)c2cn(CCCNC(=O)CCC(=O)NCCCOCCCN)c3cc(CNc4ncc[nH]4)ccc3c2=O)C(=O)O)c(C)c1.